The average molecular weight is 406 g/mol. The van der Waals surface area contributed by atoms with Crippen molar-refractivity contribution < 1.29 is 13.6 Å². The predicted molar refractivity (Wildman–Crippen MR) is 113 cm³/mol. The van der Waals surface area contributed by atoms with Crippen molar-refractivity contribution in [1.82, 2.24) is 10.3 Å². The van der Waals surface area contributed by atoms with Gasteiger partial charge >= 0.3 is 0 Å². The fourth-order valence-corrected chi connectivity index (χ4v) is 3.71. The van der Waals surface area contributed by atoms with Crippen LogP contribution in [0.25, 0.3) is 28.0 Å². The van der Waals surface area contributed by atoms with E-state index in [0.29, 0.717) is 28.9 Å². The molecule has 4 rings (SSSR count). The summed E-state index contributed by atoms with van der Waals surface area (Å²) in [6.07, 6.45) is 1.41. The number of nitrogens with one attached hydrogen (secondary N) is 1. The molecule has 1 amide bonds. The molecule has 0 fully saturated rings. The fraction of sp³-hybridized carbons (Fsp3) is 0.0870. The SMILES string of the molecule is CN(N)/C(=C\N)c1cccc(-c2cc3c(cc2-c2ccc(F)cc2F)C(=O)NC3)c1. The third kappa shape index (κ3) is 3.40. The van der Waals surface area contributed by atoms with Gasteiger partial charge in [-0.15, -0.1) is 0 Å². The fourth-order valence-electron chi connectivity index (χ4n) is 3.71. The number of rotatable bonds is 4. The Morgan fingerprint density at radius 2 is 1.83 bits per heavy atom. The van der Waals surface area contributed by atoms with Gasteiger partial charge in [0, 0.05) is 42.5 Å². The lowest BCUT2D eigenvalue weighted by molar-refractivity contribution is 0.0966. The summed E-state index contributed by atoms with van der Waals surface area (Å²) in [5.41, 5.74) is 10.6. The minimum atomic E-state index is -0.699. The van der Waals surface area contributed by atoms with Gasteiger partial charge in [-0.1, -0.05) is 18.2 Å². The van der Waals surface area contributed by atoms with Crippen LogP contribution in [0.3, 0.4) is 0 Å². The highest BCUT2D eigenvalue weighted by atomic mass is 19.1. The van der Waals surface area contributed by atoms with Crippen LogP contribution in [0.15, 0.2) is 60.8 Å². The first-order valence-corrected chi connectivity index (χ1v) is 9.30. The normalized spacial score (nSPS) is 13.2. The summed E-state index contributed by atoms with van der Waals surface area (Å²) in [4.78, 5) is 12.2. The second kappa shape index (κ2) is 7.61. The second-order valence-corrected chi connectivity index (χ2v) is 7.11. The summed E-state index contributed by atoms with van der Waals surface area (Å²) in [5.74, 6) is 4.29. The molecule has 3 aromatic carbocycles. The van der Waals surface area contributed by atoms with Crippen molar-refractivity contribution in [2.75, 3.05) is 7.05 Å². The lowest BCUT2D eigenvalue weighted by atomic mass is 9.89. The van der Waals surface area contributed by atoms with Crippen LogP contribution < -0.4 is 16.9 Å². The summed E-state index contributed by atoms with van der Waals surface area (Å²) < 4.78 is 28.1. The molecule has 0 radical (unpaired) electrons. The number of carbonyl (C=O) groups is 1. The Hall–Kier alpha value is -3.71. The Morgan fingerprint density at radius 1 is 1.03 bits per heavy atom. The molecule has 0 atom stereocenters. The molecule has 0 saturated heterocycles. The highest BCUT2D eigenvalue weighted by Crippen LogP contribution is 2.38. The highest BCUT2D eigenvalue weighted by Gasteiger charge is 2.23. The van der Waals surface area contributed by atoms with Crippen molar-refractivity contribution >= 4 is 11.6 Å². The molecule has 0 aliphatic carbocycles. The van der Waals surface area contributed by atoms with E-state index in [-0.39, 0.29) is 11.5 Å². The second-order valence-electron chi connectivity index (χ2n) is 7.11. The highest BCUT2D eigenvalue weighted by molar-refractivity contribution is 6.01. The van der Waals surface area contributed by atoms with Gasteiger partial charge in [0.2, 0.25) is 0 Å². The Bertz CT molecular complexity index is 1190. The summed E-state index contributed by atoms with van der Waals surface area (Å²) >= 11 is 0. The molecule has 0 aromatic heterocycles. The minimum Gasteiger partial charge on any atom is -0.403 e. The molecular formula is C23H20F2N4O. The molecule has 30 heavy (non-hydrogen) atoms. The molecule has 0 saturated carbocycles. The molecule has 152 valence electrons. The van der Waals surface area contributed by atoms with E-state index in [0.717, 1.165) is 22.8 Å². The van der Waals surface area contributed by atoms with E-state index >= 15 is 0 Å². The van der Waals surface area contributed by atoms with Crippen molar-refractivity contribution in [3.8, 4) is 22.3 Å². The minimum absolute atomic E-state index is 0.213. The molecule has 5 N–H and O–H groups in total. The molecule has 0 bridgehead atoms. The molecule has 1 heterocycles. The topological polar surface area (TPSA) is 84.4 Å². The van der Waals surface area contributed by atoms with Crippen molar-refractivity contribution in [3.05, 3.63) is 89.1 Å². The van der Waals surface area contributed by atoms with Gasteiger partial charge < -0.3 is 16.1 Å². The Balaban J connectivity index is 1.95. The first-order chi connectivity index (χ1) is 14.4. The van der Waals surface area contributed by atoms with Gasteiger partial charge in [-0.05, 0) is 52.6 Å². The Kier molecular flexibility index (Phi) is 4.97. The molecule has 1 aliphatic rings. The standard InChI is InChI=1S/C23H20F2N4O/c1-29(27)22(11-26)14-4-2-3-13(7-14)18-8-15-12-28-23(30)19(15)10-20(18)17-6-5-16(24)9-21(17)25/h2-11H,12,26-27H2,1H3,(H,28,30)/b22-11-. The number of hydrazine groups is 1. The third-order valence-electron chi connectivity index (χ3n) is 5.16. The molecule has 7 heteroatoms. The largest absolute Gasteiger partial charge is 0.403 e. The van der Waals surface area contributed by atoms with E-state index < -0.39 is 11.6 Å². The molecular weight excluding hydrogens is 386 g/mol. The number of carbonyl (C=O) groups excluding carboxylic acids is 1. The predicted octanol–water partition coefficient (Wildman–Crippen LogP) is 3.60. The summed E-state index contributed by atoms with van der Waals surface area (Å²) in [6, 6.07) is 14.4. The van der Waals surface area contributed by atoms with Crippen LogP contribution in [0, 0.1) is 11.6 Å². The van der Waals surface area contributed by atoms with E-state index in [4.69, 9.17) is 11.6 Å². The van der Waals surface area contributed by atoms with Crippen LogP contribution in [-0.4, -0.2) is 18.0 Å². The summed E-state index contributed by atoms with van der Waals surface area (Å²) in [6.45, 7) is 0.395. The van der Waals surface area contributed by atoms with Gasteiger partial charge in [-0.2, -0.15) is 0 Å². The number of nitrogens with two attached hydrogens (primary N) is 2. The number of fused-ring (bicyclic) bond motifs is 1. The first-order valence-electron chi connectivity index (χ1n) is 9.30. The van der Waals surface area contributed by atoms with Crippen LogP contribution in [0.5, 0.6) is 0 Å². The number of hydrogen-bond donors (Lipinski definition) is 3. The third-order valence-corrected chi connectivity index (χ3v) is 5.16. The van der Waals surface area contributed by atoms with E-state index in [1.165, 1.54) is 23.3 Å². The molecule has 5 nitrogen and oxygen atoms in total. The number of nitrogens with zero attached hydrogens (tertiary/aromatic N) is 1. The van der Waals surface area contributed by atoms with Gasteiger partial charge in [0.25, 0.3) is 5.91 Å². The smallest absolute Gasteiger partial charge is 0.251 e. The van der Waals surface area contributed by atoms with Gasteiger partial charge in [0.1, 0.15) is 11.6 Å². The van der Waals surface area contributed by atoms with E-state index in [9.17, 15) is 13.6 Å². The maximum atomic E-state index is 14.7. The molecule has 0 unspecified atom stereocenters. The Labute approximate surface area is 172 Å². The van der Waals surface area contributed by atoms with Crippen LogP contribution in [-0.2, 0) is 6.54 Å². The number of halogens is 2. The van der Waals surface area contributed by atoms with Crippen LogP contribution in [0.4, 0.5) is 8.78 Å². The Morgan fingerprint density at radius 3 is 2.53 bits per heavy atom. The molecule has 0 spiro atoms. The lowest BCUT2D eigenvalue weighted by Crippen LogP contribution is -2.24. The average Bonchev–Trinajstić information content (AvgIpc) is 3.08. The van der Waals surface area contributed by atoms with E-state index in [1.807, 2.05) is 30.3 Å². The molecule has 1 aliphatic heterocycles. The zero-order chi connectivity index (χ0) is 21.4. The first kappa shape index (κ1) is 19.6. The monoisotopic (exact) mass is 406 g/mol. The summed E-state index contributed by atoms with van der Waals surface area (Å²) in [5, 5.41) is 4.19. The van der Waals surface area contributed by atoms with Crippen molar-refractivity contribution in [2.45, 2.75) is 6.54 Å². The van der Waals surface area contributed by atoms with Crippen LogP contribution >= 0.6 is 0 Å². The lowest BCUT2D eigenvalue weighted by Gasteiger charge is -2.18. The quantitative estimate of drug-likeness (QED) is 0.457. The van der Waals surface area contributed by atoms with Gasteiger partial charge in [-0.25, -0.2) is 14.6 Å². The molecule has 3 aromatic rings. The zero-order valence-electron chi connectivity index (χ0n) is 16.2. The summed E-state index contributed by atoms with van der Waals surface area (Å²) in [7, 11) is 1.68. The van der Waals surface area contributed by atoms with Crippen LogP contribution in [0.1, 0.15) is 21.5 Å². The number of hydrogen-bond acceptors (Lipinski definition) is 4. The number of amides is 1. The van der Waals surface area contributed by atoms with Gasteiger partial charge in [0.05, 0.1) is 5.70 Å². The van der Waals surface area contributed by atoms with E-state index in [1.54, 1.807) is 13.1 Å². The van der Waals surface area contributed by atoms with Gasteiger partial charge in [0.15, 0.2) is 0 Å². The van der Waals surface area contributed by atoms with Crippen molar-refractivity contribution in [1.29, 1.82) is 0 Å². The van der Waals surface area contributed by atoms with Crippen molar-refractivity contribution in [3.63, 3.8) is 0 Å². The van der Waals surface area contributed by atoms with Crippen molar-refractivity contribution in [2.24, 2.45) is 11.6 Å². The van der Waals surface area contributed by atoms with Crippen LogP contribution in [0.2, 0.25) is 0 Å². The van der Waals surface area contributed by atoms with E-state index in [2.05, 4.69) is 5.32 Å². The maximum absolute atomic E-state index is 14.7. The maximum Gasteiger partial charge on any atom is 0.251 e. The number of benzene rings is 3. The van der Waals surface area contributed by atoms with Gasteiger partial charge in [-0.3, -0.25) is 4.79 Å². The zero-order valence-corrected chi connectivity index (χ0v) is 16.2.